The Morgan fingerprint density at radius 1 is 1.65 bits per heavy atom. The van der Waals surface area contributed by atoms with Gasteiger partial charge < -0.3 is 15.0 Å². The molecule has 5 heteroatoms. The molecule has 0 radical (unpaired) electrons. The first kappa shape index (κ1) is 13.7. The van der Waals surface area contributed by atoms with Crippen molar-refractivity contribution in [1.82, 2.24) is 14.9 Å². The molecule has 17 heavy (non-hydrogen) atoms. The Bertz CT molecular complexity index is 376. The smallest absolute Gasteiger partial charge is 0.323 e. The predicted octanol–water partition coefficient (Wildman–Crippen LogP) is 1.42. The van der Waals surface area contributed by atoms with Crippen molar-refractivity contribution in [2.75, 3.05) is 6.54 Å². The molecule has 1 aromatic heterocycles. The molecule has 0 amide bonds. The zero-order chi connectivity index (χ0) is 12.9. The Morgan fingerprint density at radius 3 is 2.82 bits per heavy atom. The van der Waals surface area contributed by atoms with Crippen LogP contribution in [0.5, 0.6) is 0 Å². The van der Waals surface area contributed by atoms with E-state index < -0.39 is 11.5 Å². The normalized spacial score (nSPS) is 14.5. The Morgan fingerprint density at radius 2 is 2.35 bits per heavy atom. The van der Waals surface area contributed by atoms with Crippen LogP contribution in [0.2, 0.25) is 0 Å². The van der Waals surface area contributed by atoms with Crippen LogP contribution in [-0.2, 0) is 11.3 Å². The van der Waals surface area contributed by atoms with E-state index in [4.69, 9.17) is 0 Å². The number of hydrogen-bond donors (Lipinski definition) is 2. The molecule has 1 unspecified atom stereocenters. The van der Waals surface area contributed by atoms with E-state index in [-0.39, 0.29) is 0 Å². The Kier molecular flexibility index (Phi) is 4.69. The van der Waals surface area contributed by atoms with E-state index in [1.807, 2.05) is 24.6 Å². The van der Waals surface area contributed by atoms with Gasteiger partial charge in [0.05, 0.1) is 0 Å². The third-order valence-electron chi connectivity index (χ3n) is 3.04. The third kappa shape index (κ3) is 3.56. The maximum absolute atomic E-state index is 11.2. The summed E-state index contributed by atoms with van der Waals surface area (Å²) in [7, 11) is 0. The summed E-state index contributed by atoms with van der Waals surface area (Å²) in [5, 5.41) is 12.2. The van der Waals surface area contributed by atoms with Crippen molar-refractivity contribution in [2.24, 2.45) is 0 Å². The molecule has 0 spiro atoms. The lowest BCUT2D eigenvalue weighted by atomic mass is 9.96. The van der Waals surface area contributed by atoms with Gasteiger partial charge in [0.1, 0.15) is 11.4 Å². The van der Waals surface area contributed by atoms with Gasteiger partial charge in [0.15, 0.2) is 0 Å². The van der Waals surface area contributed by atoms with E-state index >= 15 is 0 Å². The molecule has 0 saturated carbocycles. The Hall–Kier alpha value is -1.36. The fraction of sp³-hybridized carbons (Fsp3) is 0.667. The van der Waals surface area contributed by atoms with Gasteiger partial charge in [0.25, 0.3) is 0 Å². The highest BCUT2D eigenvalue weighted by atomic mass is 16.4. The van der Waals surface area contributed by atoms with Crippen LogP contribution in [-0.4, -0.2) is 32.7 Å². The van der Waals surface area contributed by atoms with Crippen LogP contribution in [0.3, 0.4) is 0 Å². The second-order valence-electron chi connectivity index (χ2n) is 4.44. The summed E-state index contributed by atoms with van der Waals surface area (Å²) in [5.74, 6) is 0.173. The van der Waals surface area contributed by atoms with Crippen molar-refractivity contribution in [1.29, 1.82) is 0 Å². The highest BCUT2D eigenvalue weighted by Crippen LogP contribution is 2.14. The number of carbonyl (C=O) groups is 1. The lowest BCUT2D eigenvalue weighted by Crippen LogP contribution is -2.49. The van der Waals surface area contributed by atoms with Gasteiger partial charge in [-0.05, 0) is 33.2 Å². The lowest BCUT2D eigenvalue weighted by molar-refractivity contribution is -0.144. The van der Waals surface area contributed by atoms with Crippen molar-refractivity contribution < 1.29 is 9.90 Å². The van der Waals surface area contributed by atoms with Crippen LogP contribution < -0.4 is 5.32 Å². The van der Waals surface area contributed by atoms with Gasteiger partial charge in [-0.15, -0.1) is 0 Å². The van der Waals surface area contributed by atoms with Crippen molar-refractivity contribution in [3.8, 4) is 0 Å². The minimum absolute atomic E-state index is 0.605. The molecule has 5 nitrogen and oxygen atoms in total. The van der Waals surface area contributed by atoms with Crippen molar-refractivity contribution in [3.05, 3.63) is 18.2 Å². The van der Waals surface area contributed by atoms with E-state index in [1.165, 1.54) is 0 Å². The molecule has 0 aliphatic heterocycles. The molecule has 0 aromatic carbocycles. The summed E-state index contributed by atoms with van der Waals surface area (Å²) in [6, 6.07) is 0. The molecule has 0 saturated heterocycles. The average Bonchev–Trinajstić information content (AvgIpc) is 2.65. The van der Waals surface area contributed by atoms with Gasteiger partial charge in [0, 0.05) is 18.9 Å². The average molecular weight is 239 g/mol. The monoisotopic (exact) mass is 239 g/mol. The van der Waals surface area contributed by atoms with Crippen LogP contribution in [0.1, 0.15) is 32.5 Å². The number of nitrogens with one attached hydrogen (secondary N) is 1. The summed E-state index contributed by atoms with van der Waals surface area (Å²) in [6.45, 7) is 7.06. The molecule has 2 N–H and O–H groups in total. The maximum Gasteiger partial charge on any atom is 0.323 e. The van der Waals surface area contributed by atoms with Gasteiger partial charge in [-0.1, -0.05) is 6.92 Å². The zero-order valence-corrected chi connectivity index (χ0v) is 10.7. The topological polar surface area (TPSA) is 67.2 Å². The second kappa shape index (κ2) is 5.82. The first-order chi connectivity index (χ1) is 7.99. The van der Waals surface area contributed by atoms with Crippen molar-refractivity contribution in [2.45, 2.75) is 45.7 Å². The predicted molar refractivity (Wildman–Crippen MR) is 65.9 cm³/mol. The highest BCUT2D eigenvalue weighted by molar-refractivity contribution is 5.78. The molecule has 0 bridgehead atoms. The van der Waals surface area contributed by atoms with Crippen molar-refractivity contribution >= 4 is 5.97 Å². The standard InChI is InChI=1S/C12H21N3O2/c1-4-14-12(3,11(16)17)6-5-8-15-9-7-13-10(15)2/h7,9,14H,4-6,8H2,1-3H3,(H,16,17). The summed E-state index contributed by atoms with van der Waals surface area (Å²) in [4.78, 5) is 15.3. The lowest BCUT2D eigenvalue weighted by Gasteiger charge is -2.25. The quantitative estimate of drug-likeness (QED) is 0.755. The van der Waals surface area contributed by atoms with Gasteiger partial charge in [-0.25, -0.2) is 4.98 Å². The molecule has 1 atom stereocenters. The van der Waals surface area contributed by atoms with Crippen LogP contribution in [0.25, 0.3) is 0 Å². The van der Waals surface area contributed by atoms with E-state index in [9.17, 15) is 9.90 Å². The number of aryl methyl sites for hydroxylation is 2. The maximum atomic E-state index is 11.2. The van der Waals surface area contributed by atoms with E-state index in [0.717, 1.165) is 18.8 Å². The number of hydrogen-bond acceptors (Lipinski definition) is 3. The summed E-state index contributed by atoms with van der Waals surface area (Å²) in [5.41, 5.74) is -0.830. The second-order valence-corrected chi connectivity index (χ2v) is 4.44. The molecule has 0 aliphatic rings. The van der Waals surface area contributed by atoms with Gasteiger partial charge >= 0.3 is 5.97 Å². The minimum Gasteiger partial charge on any atom is -0.480 e. The van der Waals surface area contributed by atoms with E-state index in [2.05, 4.69) is 10.3 Å². The molecule has 1 rings (SSSR count). The zero-order valence-electron chi connectivity index (χ0n) is 10.7. The highest BCUT2D eigenvalue weighted by Gasteiger charge is 2.31. The van der Waals surface area contributed by atoms with Gasteiger partial charge in [0.2, 0.25) is 0 Å². The van der Waals surface area contributed by atoms with E-state index in [1.54, 1.807) is 13.1 Å². The SMILES string of the molecule is CCNC(C)(CCCn1ccnc1C)C(=O)O. The summed E-state index contributed by atoms with van der Waals surface area (Å²) >= 11 is 0. The van der Waals surface area contributed by atoms with E-state index in [0.29, 0.717) is 13.0 Å². The van der Waals surface area contributed by atoms with Gasteiger partial charge in [-0.2, -0.15) is 0 Å². The molecule has 0 aliphatic carbocycles. The largest absolute Gasteiger partial charge is 0.480 e. The number of imidazole rings is 1. The number of carboxylic acid groups (broad SMARTS) is 1. The number of aromatic nitrogens is 2. The molecule has 96 valence electrons. The fourth-order valence-corrected chi connectivity index (χ4v) is 1.90. The summed E-state index contributed by atoms with van der Waals surface area (Å²) in [6.07, 6.45) is 5.09. The Labute approximate surface area is 102 Å². The number of rotatable bonds is 7. The molecular weight excluding hydrogens is 218 g/mol. The molecule has 1 aromatic rings. The third-order valence-corrected chi connectivity index (χ3v) is 3.04. The first-order valence-corrected chi connectivity index (χ1v) is 5.96. The molecule has 0 fully saturated rings. The van der Waals surface area contributed by atoms with Crippen LogP contribution in [0.15, 0.2) is 12.4 Å². The van der Waals surface area contributed by atoms with Crippen LogP contribution in [0, 0.1) is 6.92 Å². The first-order valence-electron chi connectivity index (χ1n) is 5.96. The fourth-order valence-electron chi connectivity index (χ4n) is 1.90. The van der Waals surface area contributed by atoms with Crippen molar-refractivity contribution in [3.63, 3.8) is 0 Å². The van der Waals surface area contributed by atoms with Crippen LogP contribution in [0.4, 0.5) is 0 Å². The minimum atomic E-state index is -0.830. The number of carboxylic acids is 1. The van der Waals surface area contributed by atoms with Gasteiger partial charge in [-0.3, -0.25) is 4.79 Å². The number of aliphatic carboxylic acids is 1. The number of nitrogens with zero attached hydrogens (tertiary/aromatic N) is 2. The molecular formula is C12H21N3O2. The Balaban J connectivity index is 2.48. The van der Waals surface area contributed by atoms with Crippen LogP contribution >= 0.6 is 0 Å². The summed E-state index contributed by atoms with van der Waals surface area (Å²) < 4.78 is 2.04. The molecule has 1 heterocycles. The number of likely N-dealkylation sites (N-methyl/N-ethyl adjacent to an activating group) is 1.